The highest BCUT2D eigenvalue weighted by atomic mass is 19.1. The van der Waals surface area contributed by atoms with Gasteiger partial charge in [-0.25, -0.2) is 13.8 Å². The molecule has 0 amide bonds. The number of aromatic nitrogens is 1. The van der Waals surface area contributed by atoms with Crippen LogP contribution in [0, 0.1) is 17.6 Å². The number of nitrogens with zero attached hydrogens (tertiary/aromatic N) is 1. The lowest BCUT2D eigenvalue weighted by Gasteiger charge is -2.06. The van der Waals surface area contributed by atoms with Crippen molar-refractivity contribution in [3.8, 4) is 0 Å². The van der Waals surface area contributed by atoms with E-state index in [2.05, 4.69) is 10.3 Å². The van der Waals surface area contributed by atoms with Gasteiger partial charge in [0.2, 0.25) is 0 Å². The number of pyridine rings is 1. The lowest BCUT2D eigenvalue weighted by Crippen LogP contribution is -2.09. The van der Waals surface area contributed by atoms with Crippen molar-refractivity contribution in [3.05, 3.63) is 17.7 Å². The Morgan fingerprint density at radius 3 is 2.79 bits per heavy atom. The number of anilines is 2. The van der Waals surface area contributed by atoms with Crippen molar-refractivity contribution < 1.29 is 8.78 Å². The second kappa shape index (κ2) is 3.40. The molecule has 0 saturated heterocycles. The van der Waals surface area contributed by atoms with Crippen LogP contribution >= 0.6 is 0 Å². The van der Waals surface area contributed by atoms with Crippen molar-refractivity contribution in [3.63, 3.8) is 0 Å². The summed E-state index contributed by atoms with van der Waals surface area (Å²) in [5, 5.41) is 2.81. The summed E-state index contributed by atoms with van der Waals surface area (Å²) in [4.78, 5) is 3.59. The number of nitrogen functional groups attached to an aromatic ring is 1. The number of hydrogen-bond acceptors (Lipinski definition) is 3. The van der Waals surface area contributed by atoms with Crippen LogP contribution in [0.5, 0.6) is 0 Å². The monoisotopic (exact) mass is 199 g/mol. The molecule has 1 aromatic rings. The van der Waals surface area contributed by atoms with Gasteiger partial charge in [0.25, 0.3) is 0 Å². The fourth-order valence-electron chi connectivity index (χ4n) is 1.17. The van der Waals surface area contributed by atoms with E-state index in [0.29, 0.717) is 12.5 Å². The van der Waals surface area contributed by atoms with Crippen molar-refractivity contribution in [1.82, 2.24) is 4.98 Å². The van der Waals surface area contributed by atoms with Gasteiger partial charge in [-0.2, -0.15) is 0 Å². The molecule has 76 valence electrons. The molecule has 0 atom stereocenters. The van der Waals surface area contributed by atoms with Crippen LogP contribution in [0.2, 0.25) is 0 Å². The Balaban J connectivity index is 2.10. The van der Waals surface area contributed by atoms with Gasteiger partial charge in [0.1, 0.15) is 0 Å². The predicted molar refractivity (Wildman–Crippen MR) is 49.8 cm³/mol. The maximum atomic E-state index is 13.1. The SMILES string of the molecule is Nc1nc(NCC2CC2)c(F)cc1F. The average molecular weight is 199 g/mol. The van der Waals surface area contributed by atoms with E-state index in [-0.39, 0.29) is 11.6 Å². The van der Waals surface area contributed by atoms with Gasteiger partial charge in [0.15, 0.2) is 23.3 Å². The summed E-state index contributed by atoms with van der Waals surface area (Å²) in [7, 11) is 0. The zero-order chi connectivity index (χ0) is 10.1. The molecule has 1 aliphatic carbocycles. The number of nitrogens with one attached hydrogen (secondary N) is 1. The molecule has 0 aromatic carbocycles. The summed E-state index contributed by atoms with van der Waals surface area (Å²) in [6, 6.07) is 0.748. The molecular formula is C9H11F2N3. The first-order valence-electron chi connectivity index (χ1n) is 4.52. The van der Waals surface area contributed by atoms with Crippen molar-refractivity contribution >= 4 is 11.6 Å². The van der Waals surface area contributed by atoms with Gasteiger partial charge in [0.05, 0.1) is 0 Å². The number of rotatable bonds is 3. The molecule has 5 heteroatoms. The highest BCUT2D eigenvalue weighted by Crippen LogP contribution is 2.29. The van der Waals surface area contributed by atoms with Crippen molar-refractivity contribution in [2.45, 2.75) is 12.8 Å². The van der Waals surface area contributed by atoms with Crippen LogP contribution in [-0.4, -0.2) is 11.5 Å². The molecule has 0 aliphatic heterocycles. The lowest BCUT2D eigenvalue weighted by atomic mass is 10.3. The molecule has 0 bridgehead atoms. The molecule has 1 saturated carbocycles. The molecular weight excluding hydrogens is 188 g/mol. The van der Waals surface area contributed by atoms with Crippen LogP contribution in [-0.2, 0) is 0 Å². The van der Waals surface area contributed by atoms with Gasteiger partial charge in [-0.15, -0.1) is 0 Å². The van der Waals surface area contributed by atoms with E-state index in [1.807, 2.05) is 0 Å². The van der Waals surface area contributed by atoms with Crippen molar-refractivity contribution in [2.24, 2.45) is 5.92 Å². The normalized spacial score (nSPS) is 15.6. The maximum Gasteiger partial charge on any atom is 0.168 e. The molecule has 0 unspecified atom stereocenters. The smallest absolute Gasteiger partial charge is 0.168 e. The van der Waals surface area contributed by atoms with Crippen LogP contribution in [0.15, 0.2) is 6.07 Å². The Bertz CT molecular complexity index is 350. The maximum absolute atomic E-state index is 13.1. The highest BCUT2D eigenvalue weighted by Gasteiger charge is 2.21. The topological polar surface area (TPSA) is 50.9 Å². The summed E-state index contributed by atoms with van der Waals surface area (Å²) < 4.78 is 25.8. The summed E-state index contributed by atoms with van der Waals surface area (Å²) >= 11 is 0. The highest BCUT2D eigenvalue weighted by molar-refractivity contribution is 5.44. The third-order valence-corrected chi connectivity index (χ3v) is 2.21. The van der Waals surface area contributed by atoms with Crippen molar-refractivity contribution in [1.29, 1.82) is 0 Å². The Morgan fingerprint density at radius 1 is 1.43 bits per heavy atom. The second-order valence-electron chi connectivity index (χ2n) is 3.51. The van der Waals surface area contributed by atoms with E-state index in [4.69, 9.17) is 5.73 Å². The second-order valence-corrected chi connectivity index (χ2v) is 3.51. The minimum absolute atomic E-state index is 0.0378. The van der Waals surface area contributed by atoms with Crippen LogP contribution in [0.3, 0.4) is 0 Å². The molecule has 1 fully saturated rings. The summed E-state index contributed by atoms with van der Waals surface area (Å²) in [6.45, 7) is 0.676. The van der Waals surface area contributed by atoms with E-state index in [1.54, 1.807) is 0 Å². The lowest BCUT2D eigenvalue weighted by molar-refractivity contribution is 0.579. The number of halogens is 2. The minimum Gasteiger partial charge on any atom is -0.381 e. The third kappa shape index (κ3) is 1.92. The van der Waals surface area contributed by atoms with E-state index in [9.17, 15) is 8.78 Å². The molecule has 3 nitrogen and oxygen atoms in total. The fourth-order valence-corrected chi connectivity index (χ4v) is 1.17. The molecule has 2 rings (SSSR count). The molecule has 0 radical (unpaired) electrons. The molecule has 1 heterocycles. The quantitative estimate of drug-likeness (QED) is 0.779. The van der Waals surface area contributed by atoms with Crippen LogP contribution in [0.1, 0.15) is 12.8 Å². The first-order valence-corrected chi connectivity index (χ1v) is 4.52. The van der Waals surface area contributed by atoms with Gasteiger partial charge < -0.3 is 11.1 Å². The summed E-state index contributed by atoms with van der Waals surface area (Å²) in [5.74, 6) is -1.15. The summed E-state index contributed by atoms with van der Waals surface area (Å²) in [6.07, 6.45) is 2.32. The Morgan fingerprint density at radius 2 is 2.14 bits per heavy atom. The standard InChI is InChI=1S/C9H11F2N3/c10-6-3-7(11)9(14-8(6)12)13-4-5-1-2-5/h3,5H,1-2,4H2,(H3,12,13,14). The van der Waals surface area contributed by atoms with E-state index in [1.165, 1.54) is 0 Å². The van der Waals surface area contributed by atoms with Gasteiger partial charge in [-0.1, -0.05) is 0 Å². The Labute approximate surface area is 80.3 Å². The van der Waals surface area contributed by atoms with Crippen LogP contribution < -0.4 is 11.1 Å². The molecule has 14 heavy (non-hydrogen) atoms. The first-order chi connectivity index (χ1) is 6.66. The molecule has 1 aromatic heterocycles. The Hall–Kier alpha value is -1.39. The van der Waals surface area contributed by atoms with Crippen LogP contribution in [0.4, 0.5) is 20.4 Å². The molecule has 0 spiro atoms. The first kappa shape index (κ1) is 9.18. The number of hydrogen-bond donors (Lipinski definition) is 2. The zero-order valence-corrected chi connectivity index (χ0v) is 7.56. The van der Waals surface area contributed by atoms with Gasteiger partial charge in [-0.05, 0) is 18.8 Å². The third-order valence-electron chi connectivity index (χ3n) is 2.21. The predicted octanol–water partition coefficient (Wildman–Crippen LogP) is 1.76. The van der Waals surface area contributed by atoms with Gasteiger partial charge in [-0.3, -0.25) is 0 Å². The minimum atomic E-state index is -0.820. The average Bonchev–Trinajstić information content (AvgIpc) is 2.92. The van der Waals surface area contributed by atoms with Crippen LogP contribution in [0.25, 0.3) is 0 Å². The van der Waals surface area contributed by atoms with E-state index in [0.717, 1.165) is 18.9 Å². The van der Waals surface area contributed by atoms with Crippen molar-refractivity contribution in [2.75, 3.05) is 17.6 Å². The van der Waals surface area contributed by atoms with Gasteiger partial charge >= 0.3 is 0 Å². The fraction of sp³-hybridized carbons (Fsp3) is 0.444. The van der Waals surface area contributed by atoms with E-state index >= 15 is 0 Å². The largest absolute Gasteiger partial charge is 0.381 e. The molecule has 3 N–H and O–H groups in total. The summed E-state index contributed by atoms with van der Waals surface area (Å²) in [5.41, 5.74) is 5.22. The van der Waals surface area contributed by atoms with Gasteiger partial charge in [0, 0.05) is 12.6 Å². The number of nitrogens with two attached hydrogens (primary N) is 1. The van der Waals surface area contributed by atoms with E-state index < -0.39 is 11.6 Å². The Kier molecular flexibility index (Phi) is 2.23. The molecule has 1 aliphatic rings. The zero-order valence-electron chi connectivity index (χ0n) is 7.56.